The summed E-state index contributed by atoms with van der Waals surface area (Å²) >= 11 is 1.64. The van der Waals surface area contributed by atoms with Gasteiger partial charge in [-0.1, -0.05) is 6.42 Å². The molecule has 1 aliphatic carbocycles. The van der Waals surface area contributed by atoms with Crippen LogP contribution in [0, 0.1) is 11.8 Å². The highest BCUT2D eigenvalue weighted by atomic mass is 32.1. The second-order valence-electron chi connectivity index (χ2n) is 5.23. The lowest BCUT2D eigenvalue weighted by atomic mass is 10.0. The zero-order valence-corrected chi connectivity index (χ0v) is 11.4. The number of anilines is 1. The van der Waals surface area contributed by atoms with E-state index in [1.807, 2.05) is 5.38 Å². The molecule has 1 saturated carbocycles. The summed E-state index contributed by atoms with van der Waals surface area (Å²) in [5.41, 5.74) is 0.832. The minimum atomic E-state index is -0.217. The largest absolute Gasteiger partial charge is 0.469 e. The number of esters is 1. The van der Waals surface area contributed by atoms with Crippen molar-refractivity contribution in [3.05, 3.63) is 11.1 Å². The summed E-state index contributed by atoms with van der Waals surface area (Å²) in [5, 5.41) is 3.05. The third-order valence-electron chi connectivity index (χ3n) is 4.09. The highest BCUT2D eigenvalue weighted by Gasteiger charge is 2.36. The number of aromatic nitrogens is 1. The van der Waals surface area contributed by atoms with E-state index in [-0.39, 0.29) is 12.4 Å². The van der Waals surface area contributed by atoms with Crippen molar-refractivity contribution in [2.24, 2.45) is 11.8 Å². The Morgan fingerprint density at radius 3 is 2.89 bits per heavy atom. The van der Waals surface area contributed by atoms with Crippen LogP contribution in [0.5, 0.6) is 0 Å². The number of ether oxygens (including phenoxy) is 1. The summed E-state index contributed by atoms with van der Waals surface area (Å²) in [4.78, 5) is 18.1. The molecule has 1 saturated heterocycles. The highest BCUT2D eigenvalue weighted by molar-refractivity contribution is 7.13. The van der Waals surface area contributed by atoms with Crippen LogP contribution in [0.1, 0.15) is 25.0 Å². The number of carbonyl (C=O) groups is 1. The molecule has 18 heavy (non-hydrogen) atoms. The fourth-order valence-corrected chi connectivity index (χ4v) is 3.98. The first-order valence-corrected chi connectivity index (χ1v) is 7.40. The average molecular weight is 266 g/mol. The lowest BCUT2D eigenvalue weighted by molar-refractivity contribution is -0.139. The van der Waals surface area contributed by atoms with Crippen LogP contribution in [0.25, 0.3) is 0 Å². The van der Waals surface area contributed by atoms with Gasteiger partial charge in [0.1, 0.15) is 0 Å². The third kappa shape index (κ3) is 2.23. The van der Waals surface area contributed by atoms with E-state index in [1.165, 1.54) is 26.4 Å². The number of thiazole rings is 1. The Kier molecular flexibility index (Phi) is 3.24. The van der Waals surface area contributed by atoms with Crippen LogP contribution in [0.2, 0.25) is 0 Å². The van der Waals surface area contributed by atoms with Crippen LogP contribution in [0.15, 0.2) is 5.38 Å². The van der Waals surface area contributed by atoms with Crippen molar-refractivity contribution >= 4 is 22.4 Å². The monoisotopic (exact) mass is 266 g/mol. The van der Waals surface area contributed by atoms with E-state index in [2.05, 4.69) is 14.6 Å². The van der Waals surface area contributed by atoms with Crippen LogP contribution < -0.4 is 4.90 Å². The van der Waals surface area contributed by atoms with E-state index in [1.54, 1.807) is 11.3 Å². The minimum absolute atomic E-state index is 0.217. The maximum Gasteiger partial charge on any atom is 0.311 e. The molecule has 0 N–H and O–H groups in total. The Morgan fingerprint density at radius 1 is 1.50 bits per heavy atom. The molecule has 2 heterocycles. The van der Waals surface area contributed by atoms with E-state index in [4.69, 9.17) is 0 Å². The fourth-order valence-electron chi connectivity index (χ4n) is 3.13. The number of hydrogen-bond acceptors (Lipinski definition) is 5. The second kappa shape index (κ2) is 4.88. The molecule has 2 atom stereocenters. The average Bonchev–Trinajstić information content (AvgIpc) is 3.01. The molecule has 0 spiro atoms. The Morgan fingerprint density at radius 2 is 2.22 bits per heavy atom. The topological polar surface area (TPSA) is 42.4 Å². The molecule has 98 valence electrons. The molecular weight excluding hydrogens is 248 g/mol. The number of methoxy groups -OCH3 is 1. The first-order valence-electron chi connectivity index (χ1n) is 6.52. The molecule has 2 unspecified atom stereocenters. The molecule has 1 aromatic heterocycles. The molecular formula is C13H18N2O2S. The molecule has 0 bridgehead atoms. The maximum absolute atomic E-state index is 11.2. The van der Waals surface area contributed by atoms with Gasteiger partial charge in [0, 0.05) is 18.5 Å². The maximum atomic E-state index is 11.2. The highest BCUT2D eigenvalue weighted by Crippen LogP contribution is 2.40. The quantitative estimate of drug-likeness (QED) is 0.786. The molecule has 5 heteroatoms. The van der Waals surface area contributed by atoms with E-state index >= 15 is 0 Å². The Bertz CT molecular complexity index is 434. The molecule has 0 amide bonds. The van der Waals surface area contributed by atoms with Crippen LogP contribution in [-0.4, -0.2) is 31.2 Å². The van der Waals surface area contributed by atoms with Crippen LogP contribution in [0.4, 0.5) is 5.13 Å². The first-order chi connectivity index (χ1) is 8.76. The Balaban J connectivity index is 1.65. The van der Waals surface area contributed by atoms with Crippen molar-refractivity contribution in [2.75, 3.05) is 25.1 Å². The smallest absolute Gasteiger partial charge is 0.311 e. The molecule has 2 fully saturated rings. The predicted molar refractivity (Wildman–Crippen MR) is 70.9 cm³/mol. The molecule has 2 aliphatic rings. The molecule has 3 rings (SSSR count). The van der Waals surface area contributed by atoms with Gasteiger partial charge in [0.25, 0.3) is 0 Å². The SMILES string of the molecule is COC(=O)Cc1csc(N2CC3CCCC3C2)n1. The van der Waals surface area contributed by atoms with Crippen molar-refractivity contribution in [1.29, 1.82) is 0 Å². The van der Waals surface area contributed by atoms with Crippen LogP contribution >= 0.6 is 11.3 Å². The van der Waals surface area contributed by atoms with Crippen LogP contribution in [0.3, 0.4) is 0 Å². The summed E-state index contributed by atoms with van der Waals surface area (Å²) in [6.45, 7) is 2.30. The van der Waals surface area contributed by atoms with Gasteiger partial charge >= 0.3 is 5.97 Å². The Hall–Kier alpha value is -1.10. The van der Waals surface area contributed by atoms with E-state index in [0.717, 1.165) is 35.8 Å². The summed E-state index contributed by atoms with van der Waals surface area (Å²) in [6, 6.07) is 0. The molecule has 4 nitrogen and oxygen atoms in total. The minimum Gasteiger partial charge on any atom is -0.469 e. The third-order valence-corrected chi connectivity index (χ3v) is 5.04. The van der Waals surface area contributed by atoms with Crippen molar-refractivity contribution in [3.63, 3.8) is 0 Å². The standard InChI is InChI=1S/C13H18N2O2S/c1-17-12(16)5-11-8-18-13(14-11)15-6-9-3-2-4-10(9)7-15/h8-10H,2-7H2,1H3. The van der Waals surface area contributed by atoms with Crippen molar-refractivity contribution < 1.29 is 9.53 Å². The van der Waals surface area contributed by atoms with Crippen molar-refractivity contribution in [3.8, 4) is 0 Å². The summed E-state index contributed by atoms with van der Waals surface area (Å²) in [5.74, 6) is 1.53. The number of hydrogen-bond donors (Lipinski definition) is 0. The van der Waals surface area contributed by atoms with Gasteiger partial charge in [-0.25, -0.2) is 4.98 Å². The number of rotatable bonds is 3. The fraction of sp³-hybridized carbons (Fsp3) is 0.692. The lowest BCUT2D eigenvalue weighted by Gasteiger charge is -2.15. The Labute approximate surface area is 111 Å². The number of nitrogens with zero attached hydrogens (tertiary/aromatic N) is 2. The van der Waals surface area contributed by atoms with E-state index in [0.29, 0.717) is 0 Å². The van der Waals surface area contributed by atoms with Gasteiger partial charge in [0.05, 0.1) is 19.2 Å². The van der Waals surface area contributed by atoms with Gasteiger partial charge in [-0.05, 0) is 24.7 Å². The van der Waals surface area contributed by atoms with Gasteiger partial charge in [-0.3, -0.25) is 4.79 Å². The van der Waals surface area contributed by atoms with Gasteiger partial charge < -0.3 is 9.64 Å². The molecule has 1 aliphatic heterocycles. The van der Waals surface area contributed by atoms with Crippen LogP contribution in [-0.2, 0) is 16.0 Å². The number of carbonyl (C=O) groups excluding carboxylic acids is 1. The van der Waals surface area contributed by atoms with Crippen molar-refractivity contribution in [1.82, 2.24) is 4.98 Å². The zero-order chi connectivity index (χ0) is 12.5. The van der Waals surface area contributed by atoms with Gasteiger partial charge in [0.2, 0.25) is 0 Å². The normalized spacial score (nSPS) is 26.4. The van der Waals surface area contributed by atoms with Gasteiger partial charge in [-0.15, -0.1) is 11.3 Å². The summed E-state index contributed by atoms with van der Waals surface area (Å²) in [7, 11) is 1.41. The van der Waals surface area contributed by atoms with Crippen molar-refractivity contribution in [2.45, 2.75) is 25.7 Å². The predicted octanol–water partition coefficient (Wildman–Crippen LogP) is 2.09. The summed E-state index contributed by atoms with van der Waals surface area (Å²) < 4.78 is 4.66. The zero-order valence-electron chi connectivity index (χ0n) is 10.6. The first kappa shape index (κ1) is 12.0. The molecule has 0 radical (unpaired) electrons. The molecule has 0 aromatic carbocycles. The van der Waals surface area contributed by atoms with E-state index < -0.39 is 0 Å². The van der Waals surface area contributed by atoms with Gasteiger partial charge in [-0.2, -0.15) is 0 Å². The van der Waals surface area contributed by atoms with Gasteiger partial charge in [0.15, 0.2) is 5.13 Å². The summed E-state index contributed by atoms with van der Waals surface area (Å²) in [6.07, 6.45) is 4.44. The molecule has 1 aromatic rings. The second-order valence-corrected chi connectivity index (χ2v) is 6.07. The number of fused-ring (bicyclic) bond motifs is 1. The lowest BCUT2D eigenvalue weighted by Crippen LogP contribution is -2.20. The van der Waals surface area contributed by atoms with E-state index in [9.17, 15) is 4.79 Å².